The van der Waals surface area contributed by atoms with Gasteiger partial charge in [-0.15, -0.1) is 0 Å². The molecule has 0 aromatic carbocycles. The molecule has 36 heteroatoms. The van der Waals surface area contributed by atoms with Gasteiger partial charge < -0.3 is 118 Å². The van der Waals surface area contributed by atoms with Crippen molar-refractivity contribution < 1.29 is 176 Å². The molecule has 0 aromatic rings. The molecule has 12 unspecified atom stereocenters. The second-order valence-electron chi connectivity index (χ2n) is 44.9. The monoisotopic (exact) mass is 1850 g/mol. The number of hydrogen-bond acceptors (Lipinski definition) is 36. The Labute approximate surface area is 759 Å². The predicted molar refractivity (Wildman–Crippen MR) is 450 cm³/mol. The number of esters is 12. The molecule has 0 spiro atoms. The van der Waals surface area contributed by atoms with Gasteiger partial charge in [0.15, 0.2) is 39.6 Å². The SMILES string of the molecule is C=C(C)C(=O)OCC(=O)OC12CC3(O)CC(O)(CC(O)(C3)C1)C2.C=C(C)C(=O)OCC(=O)OC12CC3CC(C)(CC(O)(C3)C1)C2.C=C(C)C(=O)OCC(=O)OC12CC3CC(O)(CC(O)(C3)C1)C2.C=CC(=O)OCC(=O)OC12CC3(O)CC(O)(CC(O)(C3)C1)C2.C=CC(=O)OCC(=O)OC12CC3CC(C)(CC(O)(C3)C1)C2.C=CC(=O)OCC(=O)OC12CC3CC(O)(CC(O)(C3)C1)C2. The van der Waals surface area contributed by atoms with E-state index in [9.17, 15) is 119 Å². The van der Waals surface area contributed by atoms with E-state index >= 15 is 0 Å². The lowest BCUT2D eigenvalue weighted by atomic mass is 9.47. The third-order valence-corrected chi connectivity index (χ3v) is 29.8. The lowest BCUT2D eigenvalue weighted by Crippen LogP contribution is -2.72. The van der Waals surface area contributed by atoms with Crippen molar-refractivity contribution >= 4 is 71.6 Å². The average molecular weight is 1850 g/mol. The van der Waals surface area contributed by atoms with Crippen LogP contribution in [0.15, 0.2) is 74.4 Å². The molecule has 0 radical (unpaired) electrons. The summed E-state index contributed by atoms with van der Waals surface area (Å²) < 4.78 is 61.7. The second kappa shape index (κ2) is 34.7. The molecule has 24 aliphatic carbocycles. The summed E-state index contributed by atoms with van der Waals surface area (Å²) in [5.74, 6) is -6.74. The largest absolute Gasteiger partial charge is 0.456 e. The minimum Gasteiger partial charge on any atom is -0.456 e. The van der Waals surface area contributed by atoms with Crippen molar-refractivity contribution in [1.82, 2.24) is 0 Å². The Hall–Kier alpha value is -8.40. The highest BCUT2D eigenvalue weighted by atomic mass is 16.6. The van der Waals surface area contributed by atoms with E-state index in [1.54, 1.807) is 0 Å². The minimum absolute atomic E-state index is 0.0445. The molecule has 24 aliphatic rings. The van der Waals surface area contributed by atoms with E-state index in [4.69, 9.17) is 47.4 Å². The van der Waals surface area contributed by atoms with Crippen LogP contribution >= 0.6 is 0 Å². The van der Waals surface area contributed by atoms with Crippen LogP contribution in [0.1, 0.15) is 266 Å². The van der Waals surface area contributed by atoms with Gasteiger partial charge in [-0.05, 0) is 158 Å². The molecule has 24 bridgehead atoms. The Morgan fingerprint density at radius 1 is 0.237 bits per heavy atom. The van der Waals surface area contributed by atoms with Crippen LogP contribution in [0.5, 0.6) is 0 Å². The van der Waals surface area contributed by atoms with E-state index in [0.717, 1.165) is 82.4 Å². The van der Waals surface area contributed by atoms with Gasteiger partial charge in [0.2, 0.25) is 0 Å². The normalized spacial score (nSPS) is 43.4. The van der Waals surface area contributed by atoms with Crippen LogP contribution in [-0.2, 0) is 114 Å². The van der Waals surface area contributed by atoms with E-state index in [2.05, 4.69) is 62.8 Å². The highest BCUT2D eigenvalue weighted by molar-refractivity contribution is 5.90. The maximum Gasteiger partial charge on any atom is 0.344 e. The fraction of sp³-hybridized carbons (Fsp3) is 0.747. The quantitative estimate of drug-likeness (QED) is 0.0354. The van der Waals surface area contributed by atoms with Crippen molar-refractivity contribution in [1.29, 1.82) is 0 Å². The molecule has 24 saturated carbocycles. The van der Waals surface area contributed by atoms with Crippen molar-refractivity contribution in [3.63, 3.8) is 0 Å². The van der Waals surface area contributed by atoms with Crippen molar-refractivity contribution in [2.75, 3.05) is 39.6 Å². The molecule has 726 valence electrons. The molecule has 36 nitrogen and oxygen atoms in total. The zero-order valence-electron chi connectivity index (χ0n) is 75.6. The fourth-order valence-corrected chi connectivity index (χ4v) is 30.4. The number of carbonyl (C=O) groups is 12. The van der Waals surface area contributed by atoms with Gasteiger partial charge in [-0.25, -0.2) is 57.5 Å². The van der Waals surface area contributed by atoms with E-state index in [1.807, 2.05) is 0 Å². The smallest absolute Gasteiger partial charge is 0.344 e. The first-order valence-electron chi connectivity index (χ1n) is 45.2. The molecule has 0 aromatic heterocycles. The molecule has 24 rings (SSSR count). The van der Waals surface area contributed by atoms with Gasteiger partial charge in [0, 0.05) is 163 Å². The first kappa shape index (κ1) is 100. The van der Waals surface area contributed by atoms with Crippen LogP contribution in [0.2, 0.25) is 0 Å². The van der Waals surface area contributed by atoms with Gasteiger partial charge in [-0.2, -0.15) is 0 Å². The number of aliphatic hydroxyl groups is 12. The second-order valence-corrected chi connectivity index (χ2v) is 44.9. The highest BCUT2D eigenvalue weighted by Gasteiger charge is 2.73. The molecule has 0 saturated heterocycles. The first-order valence-corrected chi connectivity index (χ1v) is 45.2. The van der Waals surface area contributed by atoms with E-state index in [-0.39, 0.29) is 116 Å². The zero-order chi connectivity index (χ0) is 96.3. The summed E-state index contributed by atoms with van der Waals surface area (Å²) in [6.45, 7) is 26.0. The summed E-state index contributed by atoms with van der Waals surface area (Å²) in [4.78, 5) is 139. The van der Waals surface area contributed by atoms with E-state index in [1.165, 1.54) is 20.8 Å². The summed E-state index contributed by atoms with van der Waals surface area (Å²) >= 11 is 0. The van der Waals surface area contributed by atoms with Crippen LogP contribution in [0.4, 0.5) is 0 Å². The Morgan fingerprint density at radius 3 is 0.588 bits per heavy atom. The molecule has 24 fully saturated rings. The molecule has 12 N–H and O–H groups in total. The van der Waals surface area contributed by atoms with Crippen LogP contribution in [-0.4, -0.2) is 273 Å². The summed E-state index contributed by atoms with van der Waals surface area (Å²) in [7, 11) is 0. The van der Waals surface area contributed by atoms with Crippen LogP contribution in [0.25, 0.3) is 0 Å². The summed E-state index contributed by atoms with van der Waals surface area (Å²) in [5.41, 5.74) is -17.0. The third-order valence-electron chi connectivity index (χ3n) is 29.8. The molecular formula is C95H130O36. The minimum atomic E-state index is -1.24. The molecule has 0 amide bonds. The van der Waals surface area contributed by atoms with Crippen molar-refractivity contribution in [2.24, 2.45) is 34.5 Å². The average Bonchev–Trinajstić information content (AvgIpc) is 0.709. The Kier molecular flexibility index (Phi) is 26.5. The Morgan fingerprint density at radius 2 is 0.405 bits per heavy atom. The summed E-state index contributed by atoms with van der Waals surface area (Å²) in [6, 6.07) is 0. The lowest BCUT2D eigenvalue weighted by molar-refractivity contribution is -0.303. The number of ether oxygens (including phenoxy) is 12. The number of hydrogen-bond donors (Lipinski definition) is 12. The van der Waals surface area contributed by atoms with Gasteiger partial charge in [0.05, 0.1) is 67.2 Å². The van der Waals surface area contributed by atoms with Crippen molar-refractivity contribution in [3.05, 3.63) is 74.4 Å². The molecule has 12 atom stereocenters. The summed E-state index contributed by atoms with van der Waals surface area (Å²) in [5, 5.41) is 127. The van der Waals surface area contributed by atoms with Crippen LogP contribution in [0.3, 0.4) is 0 Å². The Balaban J connectivity index is 0.000000134. The molecule has 0 heterocycles. The van der Waals surface area contributed by atoms with Crippen LogP contribution in [0, 0.1) is 34.5 Å². The highest BCUT2D eigenvalue weighted by Crippen LogP contribution is 2.69. The topological polar surface area (TPSA) is 558 Å². The third kappa shape index (κ3) is 23.2. The van der Waals surface area contributed by atoms with Gasteiger partial charge >= 0.3 is 71.6 Å². The van der Waals surface area contributed by atoms with Gasteiger partial charge in [-0.3, -0.25) is 0 Å². The van der Waals surface area contributed by atoms with E-state index < -0.39 is 212 Å². The van der Waals surface area contributed by atoms with Crippen molar-refractivity contribution in [2.45, 2.75) is 367 Å². The maximum absolute atomic E-state index is 12.1. The zero-order valence-corrected chi connectivity index (χ0v) is 75.6. The Bertz CT molecular complexity index is 4300. The molecular weight excluding hydrogens is 1720 g/mol. The maximum atomic E-state index is 12.1. The molecule has 131 heavy (non-hydrogen) atoms. The molecule has 0 aliphatic heterocycles. The van der Waals surface area contributed by atoms with Gasteiger partial charge in [0.1, 0.15) is 33.6 Å². The first-order chi connectivity index (χ1) is 60.3. The van der Waals surface area contributed by atoms with Crippen LogP contribution < -0.4 is 0 Å². The standard InChI is InChI=1S/C17H24O5.C16H22O7.C16H22O6.C16H22O5.C15H20O7.C15H20O6/c1-11(2)14(19)21-7-13(18)22-17-6-12-4-15(3,9-17)8-16(20,5-12)10-17;1-10(2)12(18)22-3-11(17)23-16-7-13(19)4-14(20,8-16)6-15(21,5-13)9-16;1-10(2)13(18)21-6-12(17)22-16-5-11-3-14(19,8-16)7-15(20,4-11)9-16;1-3-12(17)20-7-13(18)21-16-6-11-4-14(2,9-16)8-15(19,5-11)10-16;1-2-10(16)21-3-11(17)22-15-7-12(18)4-13(19,8-15)6-14(20,5-12)9-15;1-2-11(16)20-6-12(17)21-15-5-10-3-13(18,8-15)7-14(19,4-10)9-15/h12,20H,1,4-10H2,2-3H3;19-21H,1,3-9H2,2H3;11,19-20H,1,3-9H2,2H3;3,11,19H,1,4-10H2,2H3;2,18-20H,1,3-9H2;2,10,18-19H,1,3-9H2. The fourth-order valence-electron chi connectivity index (χ4n) is 30.4. The predicted octanol–water partition coefficient (Wildman–Crippen LogP) is 4.69. The van der Waals surface area contributed by atoms with Gasteiger partial charge in [-0.1, -0.05) is 53.3 Å². The van der Waals surface area contributed by atoms with Crippen molar-refractivity contribution in [3.8, 4) is 0 Å². The van der Waals surface area contributed by atoms with Gasteiger partial charge in [0.25, 0.3) is 0 Å². The van der Waals surface area contributed by atoms with E-state index in [0.29, 0.717) is 102 Å². The summed E-state index contributed by atoms with van der Waals surface area (Å²) in [6.07, 6.45) is 20.6. The number of rotatable bonds is 24. The lowest BCUT2D eigenvalue weighted by Gasteiger charge is -2.65. The number of carbonyl (C=O) groups excluding carboxylic acids is 12.